The number of rotatable bonds is 1. The monoisotopic (exact) mass is 253 g/mol. The van der Waals surface area contributed by atoms with E-state index in [2.05, 4.69) is 5.32 Å². The van der Waals surface area contributed by atoms with Crippen molar-refractivity contribution in [1.29, 1.82) is 0 Å². The summed E-state index contributed by atoms with van der Waals surface area (Å²) >= 11 is 6.44. The van der Waals surface area contributed by atoms with Crippen LogP contribution in [0.25, 0.3) is 0 Å². The second kappa shape index (κ2) is 4.30. The minimum atomic E-state index is 0.758. The smallest absolute Gasteiger partial charge is 0.147 e. The number of nitrogens with one attached hydrogen (secondary N) is 1. The number of ether oxygens (including phenoxy) is 2. The lowest BCUT2D eigenvalue weighted by atomic mass is 9.96. The van der Waals surface area contributed by atoms with Crippen molar-refractivity contribution in [3.63, 3.8) is 0 Å². The average Bonchev–Trinajstić information content (AvgIpc) is 2.40. The van der Waals surface area contributed by atoms with Crippen molar-refractivity contribution in [2.24, 2.45) is 0 Å². The molecule has 0 bridgehead atoms. The molecule has 2 aliphatic heterocycles. The molecule has 92 valence electrons. The number of hydrogen-bond acceptors (Lipinski definition) is 3. The standard InChI is InChI=1S/C13H16ClNO2/c1-15-11-9-5-3-6-16-12(9)10(14)8-4-2-7-17-13(8)11/h15H,2-7H2,1H3. The van der Waals surface area contributed by atoms with Crippen LogP contribution in [0.5, 0.6) is 11.5 Å². The fourth-order valence-corrected chi connectivity index (χ4v) is 3.00. The van der Waals surface area contributed by atoms with Crippen molar-refractivity contribution in [1.82, 2.24) is 0 Å². The van der Waals surface area contributed by atoms with Gasteiger partial charge in [0.25, 0.3) is 0 Å². The van der Waals surface area contributed by atoms with Gasteiger partial charge in [-0.15, -0.1) is 0 Å². The number of fused-ring (bicyclic) bond motifs is 2. The molecule has 0 saturated carbocycles. The van der Waals surface area contributed by atoms with E-state index in [0.29, 0.717) is 0 Å². The lowest BCUT2D eigenvalue weighted by Crippen LogP contribution is -2.17. The molecule has 0 aromatic heterocycles. The zero-order chi connectivity index (χ0) is 11.8. The predicted molar refractivity (Wildman–Crippen MR) is 68.6 cm³/mol. The van der Waals surface area contributed by atoms with Crippen LogP contribution in [-0.2, 0) is 12.8 Å². The molecule has 0 unspecified atom stereocenters. The lowest BCUT2D eigenvalue weighted by Gasteiger charge is -2.28. The summed E-state index contributed by atoms with van der Waals surface area (Å²) in [6.07, 6.45) is 4.03. The van der Waals surface area contributed by atoms with Crippen LogP contribution >= 0.6 is 11.6 Å². The first-order valence-corrected chi connectivity index (χ1v) is 6.51. The van der Waals surface area contributed by atoms with E-state index in [1.165, 1.54) is 5.56 Å². The summed E-state index contributed by atoms with van der Waals surface area (Å²) < 4.78 is 11.5. The van der Waals surface area contributed by atoms with Gasteiger partial charge >= 0.3 is 0 Å². The second-order valence-corrected chi connectivity index (χ2v) is 4.84. The Balaban J connectivity index is 2.25. The van der Waals surface area contributed by atoms with Gasteiger partial charge in [0.05, 0.1) is 23.9 Å². The van der Waals surface area contributed by atoms with E-state index in [-0.39, 0.29) is 0 Å². The fraction of sp³-hybridized carbons (Fsp3) is 0.538. The van der Waals surface area contributed by atoms with Gasteiger partial charge in [-0.3, -0.25) is 0 Å². The molecular formula is C13H16ClNO2. The Bertz CT molecular complexity index is 422. The van der Waals surface area contributed by atoms with Crippen LogP contribution in [-0.4, -0.2) is 20.3 Å². The van der Waals surface area contributed by atoms with Crippen molar-refractivity contribution in [2.45, 2.75) is 25.7 Å². The maximum absolute atomic E-state index is 6.44. The normalized spacial score (nSPS) is 17.5. The van der Waals surface area contributed by atoms with Crippen molar-refractivity contribution >= 4 is 17.3 Å². The van der Waals surface area contributed by atoms with Gasteiger partial charge in [0.1, 0.15) is 11.5 Å². The van der Waals surface area contributed by atoms with E-state index in [1.807, 2.05) is 7.05 Å². The van der Waals surface area contributed by atoms with Crippen molar-refractivity contribution in [2.75, 3.05) is 25.6 Å². The zero-order valence-electron chi connectivity index (χ0n) is 9.94. The number of hydrogen-bond donors (Lipinski definition) is 1. The van der Waals surface area contributed by atoms with Gasteiger partial charge in [-0.2, -0.15) is 0 Å². The Kier molecular flexibility index (Phi) is 2.79. The largest absolute Gasteiger partial charge is 0.492 e. The summed E-state index contributed by atoms with van der Waals surface area (Å²) in [5.41, 5.74) is 3.34. The van der Waals surface area contributed by atoms with Gasteiger partial charge in [-0.25, -0.2) is 0 Å². The summed E-state index contributed by atoms with van der Waals surface area (Å²) in [7, 11) is 1.93. The highest BCUT2D eigenvalue weighted by atomic mass is 35.5. The lowest BCUT2D eigenvalue weighted by molar-refractivity contribution is 0.275. The molecule has 3 rings (SSSR count). The minimum absolute atomic E-state index is 0.758. The van der Waals surface area contributed by atoms with E-state index in [9.17, 15) is 0 Å². The highest BCUT2D eigenvalue weighted by Gasteiger charge is 2.27. The third-order valence-electron chi connectivity index (χ3n) is 3.43. The van der Waals surface area contributed by atoms with E-state index in [0.717, 1.165) is 66.7 Å². The molecule has 0 amide bonds. The summed E-state index contributed by atoms with van der Waals surface area (Å²) in [6, 6.07) is 0. The highest BCUT2D eigenvalue weighted by molar-refractivity contribution is 6.33. The van der Waals surface area contributed by atoms with Crippen LogP contribution in [0.1, 0.15) is 24.0 Å². The zero-order valence-corrected chi connectivity index (χ0v) is 10.7. The van der Waals surface area contributed by atoms with Gasteiger partial charge in [0.15, 0.2) is 0 Å². The summed E-state index contributed by atoms with van der Waals surface area (Å²) in [6.45, 7) is 1.53. The molecular weight excluding hydrogens is 238 g/mol. The van der Waals surface area contributed by atoms with Gasteiger partial charge < -0.3 is 14.8 Å². The summed E-state index contributed by atoms with van der Waals surface area (Å²) in [4.78, 5) is 0. The molecule has 1 aromatic rings. The molecule has 0 fully saturated rings. The van der Waals surface area contributed by atoms with Gasteiger partial charge in [-0.05, 0) is 25.7 Å². The van der Waals surface area contributed by atoms with Gasteiger partial charge in [0, 0.05) is 18.2 Å². The first-order chi connectivity index (χ1) is 8.33. The Morgan fingerprint density at radius 3 is 2.35 bits per heavy atom. The summed E-state index contributed by atoms with van der Waals surface area (Å²) in [5, 5.41) is 4.00. The predicted octanol–water partition coefficient (Wildman–Crippen LogP) is 3.03. The summed E-state index contributed by atoms with van der Waals surface area (Å²) in [5.74, 6) is 1.81. The Morgan fingerprint density at radius 1 is 1.00 bits per heavy atom. The molecule has 0 spiro atoms. The molecule has 0 aliphatic carbocycles. The minimum Gasteiger partial charge on any atom is -0.492 e. The van der Waals surface area contributed by atoms with Crippen molar-refractivity contribution in [3.8, 4) is 11.5 Å². The number of anilines is 1. The van der Waals surface area contributed by atoms with E-state index < -0.39 is 0 Å². The van der Waals surface area contributed by atoms with Crippen LogP contribution < -0.4 is 14.8 Å². The van der Waals surface area contributed by atoms with Gasteiger partial charge in [-0.1, -0.05) is 11.6 Å². The van der Waals surface area contributed by atoms with Crippen molar-refractivity contribution in [3.05, 3.63) is 16.1 Å². The third kappa shape index (κ3) is 1.64. The maximum atomic E-state index is 6.44. The fourth-order valence-electron chi connectivity index (χ4n) is 2.65. The van der Waals surface area contributed by atoms with Crippen molar-refractivity contribution < 1.29 is 9.47 Å². The topological polar surface area (TPSA) is 30.5 Å². The van der Waals surface area contributed by atoms with Crippen LogP contribution in [0.2, 0.25) is 5.02 Å². The Hall–Kier alpha value is -1.09. The molecule has 3 nitrogen and oxygen atoms in total. The first kappa shape index (κ1) is 11.0. The van der Waals surface area contributed by atoms with E-state index in [4.69, 9.17) is 21.1 Å². The average molecular weight is 254 g/mol. The molecule has 4 heteroatoms. The van der Waals surface area contributed by atoms with Crippen LogP contribution in [0.3, 0.4) is 0 Å². The molecule has 0 atom stereocenters. The number of benzene rings is 1. The van der Waals surface area contributed by atoms with Crippen LogP contribution in [0.4, 0.5) is 5.69 Å². The third-order valence-corrected chi connectivity index (χ3v) is 3.83. The molecule has 2 heterocycles. The van der Waals surface area contributed by atoms with E-state index in [1.54, 1.807) is 0 Å². The molecule has 2 aliphatic rings. The maximum Gasteiger partial charge on any atom is 0.147 e. The second-order valence-electron chi connectivity index (χ2n) is 4.46. The SMILES string of the molecule is CNc1c2c(c(Cl)c3c1OCCC3)OCCC2. The molecule has 0 saturated heterocycles. The molecule has 1 aromatic carbocycles. The Morgan fingerprint density at radius 2 is 1.65 bits per heavy atom. The van der Waals surface area contributed by atoms with Crippen LogP contribution in [0, 0.1) is 0 Å². The molecule has 17 heavy (non-hydrogen) atoms. The van der Waals surface area contributed by atoms with E-state index >= 15 is 0 Å². The molecule has 1 N–H and O–H groups in total. The number of halogens is 1. The molecule has 0 radical (unpaired) electrons. The first-order valence-electron chi connectivity index (χ1n) is 6.13. The van der Waals surface area contributed by atoms with Gasteiger partial charge in [0.2, 0.25) is 0 Å². The quantitative estimate of drug-likeness (QED) is 0.835. The highest BCUT2D eigenvalue weighted by Crippen LogP contribution is 2.48. The Labute approximate surface area is 106 Å². The van der Waals surface area contributed by atoms with Crippen LogP contribution in [0.15, 0.2) is 0 Å².